The maximum absolute atomic E-state index is 12.9. The SMILES string of the molecule is Cc1cc(Cl)c(C(=O)N2CCC(C)C3CCCCC32)cn1. The van der Waals surface area contributed by atoms with E-state index in [1.165, 1.54) is 19.3 Å². The molecular formula is C17H23ClN2O. The topological polar surface area (TPSA) is 33.2 Å². The Labute approximate surface area is 131 Å². The minimum Gasteiger partial charge on any atom is -0.335 e. The summed E-state index contributed by atoms with van der Waals surface area (Å²) in [6, 6.07) is 2.17. The predicted octanol–water partition coefficient (Wildman–Crippen LogP) is 4.08. The Balaban J connectivity index is 1.86. The molecule has 1 aromatic heterocycles. The predicted molar refractivity (Wildman–Crippen MR) is 84.5 cm³/mol. The maximum atomic E-state index is 12.9. The molecule has 0 bridgehead atoms. The number of piperidine rings is 1. The van der Waals surface area contributed by atoms with Crippen molar-refractivity contribution in [1.82, 2.24) is 9.88 Å². The third-order valence-electron chi connectivity index (χ3n) is 5.22. The third-order valence-corrected chi connectivity index (χ3v) is 5.53. The number of carbonyl (C=O) groups excluding carboxylic acids is 1. The van der Waals surface area contributed by atoms with Gasteiger partial charge in [0.15, 0.2) is 0 Å². The molecule has 1 amide bonds. The molecule has 1 aromatic rings. The van der Waals surface area contributed by atoms with Crippen LogP contribution in [-0.2, 0) is 0 Å². The number of hydrogen-bond donors (Lipinski definition) is 0. The van der Waals surface area contributed by atoms with Crippen LogP contribution >= 0.6 is 11.6 Å². The molecule has 3 unspecified atom stereocenters. The Morgan fingerprint density at radius 3 is 2.86 bits per heavy atom. The van der Waals surface area contributed by atoms with Crippen molar-refractivity contribution in [3.05, 3.63) is 28.5 Å². The van der Waals surface area contributed by atoms with Crippen LogP contribution in [0.2, 0.25) is 5.02 Å². The molecule has 1 aliphatic carbocycles. The average molecular weight is 307 g/mol. The highest BCUT2D eigenvalue weighted by Crippen LogP contribution is 2.39. The Hall–Kier alpha value is -1.09. The van der Waals surface area contributed by atoms with Crippen LogP contribution < -0.4 is 0 Å². The summed E-state index contributed by atoms with van der Waals surface area (Å²) in [5, 5.41) is 0.526. The van der Waals surface area contributed by atoms with Crippen LogP contribution in [0.3, 0.4) is 0 Å². The van der Waals surface area contributed by atoms with Gasteiger partial charge in [-0.3, -0.25) is 9.78 Å². The fraction of sp³-hybridized carbons (Fsp3) is 0.647. The summed E-state index contributed by atoms with van der Waals surface area (Å²) < 4.78 is 0. The summed E-state index contributed by atoms with van der Waals surface area (Å²) in [6.45, 7) is 5.08. The molecule has 2 heterocycles. The van der Waals surface area contributed by atoms with Crippen LogP contribution in [0.4, 0.5) is 0 Å². The second-order valence-corrected chi connectivity index (χ2v) is 6.99. The van der Waals surface area contributed by atoms with Gasteiger partial charge in [-0.05, 0) is 44.1 Å². The minimum atomic E-state index is 0.0660. The van der Waals surface area contributed by atoms with Crippen molar-refractivity contribution in [1.29, 1.82) is 0 Å². The van der Waals surface area contributed by atoms with E-state index in [2.05, 4.69) is 16.8 Å². The molecule has 114 valence electrons. The van der Waals surface area contributed by atoms with Gasteiger partial charge in [0.05, 0.1) is 10.6 Å². The van der Waals surface area contributed by atoms with Gasteiger partial charge in [-0.1, -0.05) is 31.4 Å². The smallest absolute Gasteiger partial charge is 0.257 e. The van der Waals surface area contributed by atoms with E-state index in [4.69, 9.17) is 11.6 Å². The first-order valence-electron chi connectivity index (χ1n) is 8.01. The first-order chi connectivity index (χ1) is 10.1. The van der Waals surface area contributed by atoms with Crippen LogP contribution in [-0.4, -0.2) is 28.4 Å². The van der Waals surface area contributed by atoms with Gasteiger partial charge in [0.25, 0.3) is 5.91 Å². The number of carbonyl (C=O) groups is 1. The lowest BCUT2D eigenvalue weighted by atomic mass is 9.72. The van der Waals surface area contributed by atoms with Crippen LogP contribution in [0.1, 0.15) is 55.1 Å². The summed E-state index contributed by atoms with van der Waals surface area (Å²) in [5.41, 5.74) is 1.40. The van der Waals surface area contributed by atoms with E-state index in [1.54, 1.807) is 12.3 Å². The normalized spacial score (nSPS) is 29.1. The van der Waals surface area contributed by atoms with Crippen molar-refractivity contribution in [3.63, 3.8) is 0 Å². The number of halogens is 1. The number of hydrogen-bond acceptors (Lipinski definition) is 2. The van der Waals surface area contributed by atoms with Gasteiger partial charge < -0.3 is 4.90 Å². The van der Waals surface area contributed by atoms with E-state index >= 15 is 0 Å². The van der Waals surface area contributed by atoms with Crippen LogP contribution in [0, 0.1) is 18.8 Å². The van der Waals surface area contributed by atoms with E-state index in [9.17, 15) is 4.79 Å². The van der Waals surface area contributed by atoms with Crippen molar-refractivity contribution < 1.29 is 4.79 Å². The van der Waals surface area contributed by atoms with Crippen LogP contribution in [0.25, 0.3) is 0 Å². The highest BCUT2D eigenvalue weighted by atomic mass is 35.5. The molecule has 0 aromatic carbocycles. The average Bonchev–Trinajstić information content (AvgIpc) is 2.47. The zero-order valence-corrected chi connectivity index (χ0v) is 13.6. The van der Waals surface area contributed by atoms with Crippen molar-refractivity contribution in [2.45, 2.75) is 52.0 Å². The molecule has 0 spiro atoms. The number of nitrogens with zero attached hydrogens (tertiary/aromatic N) is 2. The van der Waals surface area contributed by atoms with E-state index in [-0.39, 0.29) is 5.91 Å². The fourth-order valence-corrected chi connectivity index (χ4v) is 4.29. The highest BCUT2D eigenvalue weighted by molar-refractivity contribution is 6.33. The number of rotatable bonds is 1. The number of amides is 1. The Kier molecular flexibility index (Phi) is 4.21. The number of aromatic nitrogens is 1. The largest absolute Gasteiger partial charge is 0.335 e. The molecule has 1 saturated carbocycles. The van der Waals surface area contributed by atoms with Crippen molar-refractivity contribution >= 4 is 17.5 Å². The number of fused-ring (bicyclic) bond motifs is 1. The van der Waals surface area contributed by atoms with Gasteiger partial charge >= 0.3 is 0 Å². The van der Waals surface area contributed by atoms with Gasteiger partial charge in [0.1, 0.15) is 0 Å². The third kappa shape index (κ3) is 2.80. The molecule has 3 atom stereocenters. The molecule has 0 radical (unpaired) electrons. The van der Waals surface area contributed by atoms with Gasteiger partial charge in [-0.25, -0.2) is 0 Å². The standard InChI is InChI=1S/C17H23ClN2O/c1-11-7-8-20(16-6-4-3-5-13(11)16)17(21)14-10-19-12(2)9-15(14)18/h9-11,13,16H,3-8H2,1-2H3. The summed E-state index contributed by atoms with van der Waals surface area (Å²) >= 11 is 6.26. The molecule has 3 rings (SSSR count). The summed E-state index contributed by atoms with van der Waals surface area (Å²) in [7, 11) is 0. The van der Waals surface area contributed by atoms with Crippen molar-refractivity contribution in [3.8, 4) is 0 Å². The highest BCUT2D eigenvalue weighted by Gasteiger charge is 2.39. The van der Waals surface area contributed by atoms with Gasteiger partial charge in [-0.15, -0.1) is 0 Å². The van der Waals surface area contributed by atoms with E-state index in [1.807, 2.05) is 6.92 Å². The summed E-state index contributed by atoms with van der Waals surface area (Å²) in [5.74, 6) is 1.45. The summed E-state index contributed by atoms with van der Waals surface area (Å²) in [6.07, 6.45) is 7.67. The van der Waals surface area contributed by atoms with Crippen molar-refractivity contribution in [2.24, 2.45) is 11.8 Å². The molecule has 1 aliphatic heterocycles. The van der Waals surface area contributed by atoms with E-state index in [0.29, 0.717) is 22.5 Å². The first-order valence-corrected chi connectivity index (χ1v) is 8.39. The molecule has 2 aliphatic rings. The molecule has 0 N–H and O–H groups in total. The molecule has 4 heteroatoms. The van der Waals surface area contributed by atoms with Crippen LogP contribution in [0.5, 0.6) is 0 Å². The zero-order valence-electron chi connectivity index (χ0n) is 12.8. The quantitative estimate of drug-likeness (QED) is 0.783. The Bertz CT molecular complexity index is 546. The van der Waals surface area contributed by atoms with Crippen LogP contribution in [0.15, 0.2) is 12.3 Å². The van der Waals surface area contributed by atoms with Gasteiger partial charge in [0.2, 0.25) is 0 Å². The number of aryl methyl sites for hydroxylation is 1. The number of pyridine rings is 1. The number of likely N-dealkylation sites (tertiary alicyclic amines) is 1. The van der Waals surface area contributed by atoms with E-state index in [0.717, 1.165) is 31.0 Å². The zero-order chi connectivity index (χ0) is 15.0. The Morgan fingerprint density at radius 1 is 1.33 bits per heavy atom. The second kappa shape index (κ2) is 5.96. The minimum absolute atomic E-state index is 0.0660. The lowest BCUT2D eigenvalue weighted by molar-refractivity contribution is 0.0217. The summed E-state index contributed by atoms with van der Waals surface area (Å²) in [4.78, 5) is 19.2. The second-order valence-electron chi connectivity index (χ2n) is 6.59. The van der Waals surface area contributed by atoms with Crippen molar-refractivity contribution in [2.75, 3.05) is 6.54 Å². The first kappa shape index (κ1) is 14.8. The molecule has 1 saturated heterocycles. The fourth-order valence-electron chi connectivity index (χ4n) is 4.00. The van der Waals surface area contributed by atoms with E-state index < -0.39 is 0 Å². The molecule has 3 nitrogen and oxygen atoms in total. The lowest BCUT2D eigenvalue weighted by Crippen LogP contribution is -2.52. The van der Waals surface area contributed by atoms with Gasteiger partial charge in [-0.2, -0.15) is 0 Å². The molecule has 2 fully saturated rings. The Morgan fingerprint density at radius 2 is 2.10 bits per heavy atom. The lowest BCUT2D eigenvalue weighted by Gasteiger charge is -2.47. The monoisotopic (exact) mass is 306 g/mol. The molecule has 21 heavy (non-hydrogen) atoms. The molecular weight excluding hydrogens is 284 g/mol. The maximum Gasteiger partial charge on any atom is 0.257 e. The van der Waals surface area contributed by atoms with Gasteiger partial charge in [0, 0.05) is 24.5 Å².